The average molecular weight is 156 g/mol. The van der Waals surface area contributed by atoms with Crippen molar-refractivity contribution >= 4 is 0 Å². The Labute approximate surface area is 57.9 Å². The maximum absolute atomic E-state index is 12.2. The van der Waals surface area contributed by atoms with Gasteiger partial charge in [0.25, 0.3) is 12.3 Å². The Morgan fingerprint density at radius 1 is 1.50 bits per heavy atom. The van der Waals surface area contributed by atoms with Crippen molar-refractivity contribution in [3.8, 4) is 0 Å². The van der Waals surface area contributed by atoms with Crippen LogP contribution in [0.3, 0.4) is 0 Å². The van der Waals surface area contributed by atoms with Gasteiger partial charge in [0, 0.05) is 6.42 Å². The van der Waals surface area contributed by atoms with E-state index in [0.717, 1.165) is 0 Å². The number of hydrogen-bond acceptors (Lipinski definition) is 1. The van der Waals surface area contributed by atoms with Crippen molar-refractivity contribution in [3.05, 3.63) is 0 Å². The van der Waals surface area contributed by atoms with E-state index >= 15 is 0 Å². The minimum Gasteiger partial charge on any atom is -0.357 e. The molecule has 1 N–H and O–H groups in total. The molecule has 1 unspecified atom stereocenters. The van der Waals surface area contributed by atoms with E-state index in [9.17, 15) is 13.2 Å². The topological polar surface area (TPSA) is 20.2 Å². The summed E-state index contributed by atoms with van der Waals surface area (Å²) in [5.74, 6) is -3.28. The predicted molar refractivity (Wildman–Crippen MR) is 31.6 cm³/mol. The largest absolute Gasteiger partial charge is 0.357 e. The molecule has 62 valence electrons. The molecule has 0 bridgehead atoms. The highest BCUT2D eigenvalue weighted by Gasteiger charge is 2.36. The summed E-state index contributed by atoms with van der Waals surface area (Å²) in [7, 11) is 0. The zero-order chi connectivity index (χ0) is 8.20. The molecule has 0 radical (unpaired) electrons. The number of aliphatic hydroxyl groups is 1. The van der Waals surface area contributed by atoms with E-state index in [-0.39, 0.29) is 6.42 Å². The zero-order valence-corrected chi connectivity index (χ0v) is 5.78. The summed E-state index contributed by atoms with van der Waals surface area (Å²) >= 11 is 0. The van der Waals surface area contributed by atoms with Crippen LogP contribution >= 0.6 is 0 Å². The quantitative estimate of drug-likeness (QED) is 0.660. The second kappa shape index (κ2) is 3.81. The zero-order valence-electron chi connectivity index (χ0n) is 5.78. The molecule has 1 atom stereocenters. The van der Waals surface area contributed by atoms with Crippen LogP contribution in [-0.4, -0.2) is 17.4 Å². The molecule has 0 aliphatic carbocycles. The Hall–Kier alpha value is -0.250. The van der Waals surface area contributed by atoms with Crippen LogP contribution < -0.4 is 0 Å². The minimum absolute atomic E-state index is 0.275. The highest BCUT2D eigenvalue weighted by Crippen LogP contribution is 2.23. The fourth-order valence-corrected chi connectivity index (χ4v) is 0.534. The van der Waals surface area contributed by atoms with Crippen LogP contribution in [0.15, 0.2) is 0 Å². The van der Waals surface area contributed by atoms with Crippen LogP contribution in [0, 0.1) is 0 Å². The number of halogens is 3. The molecule has 10 heavy (non-hydrogen) atoms. The second-order valence-electron chi connectivity index (χ2n) is 2.22. The molecule has 0 aromatic carbocycles. The van der Waals surface area contributed by atoms with Gasteiger partial charge in [0.05, 0.1) is 0 Å². The number of hydrogen-bond donors (Lipinski definition) is 1. The van der Waals surface area contributed by atoms with Gasteiger partial charge in [-0.2, -0.15) is 0 Å². The van der Waals surface area contributed by atoms with Crippen LogP contribution in [0.25, 0.3) is 0 Å². The van der Waals surface area contributed by atoms with E-state index in [1.807, 2.05) is 0 Å². The molecule has 0 rings (SSSR count). The third-order valence-electron chi connectivity index (χ3n) is 1.22. The number of unbranched alkanes of at least 4 members (excludes halogenated alkanes) is 1. The third-order valence-corrected chi connectivity index (χ3v) is 1.22. The van der Waals surface area contributed by atoms with Crippen molar-refractivity contribution in [2.24, 2.45) is 0 Å². The highest BCUT2D eigenvalue weighted by atomic mass is 19.3. The summed E-state index contributed by atoms with van der Waals surface area (Å²) in [4.78, 5) is 0. The lowest BCUT2D eigenvalue weighted by atomic mass is 10.1. The SMILES string of the molecule is CCCCC(O)(F)C(F)F. The molecule has 1 nitrogen and oxygen atoms in total. The Bertz CT molecular complexity index is 93.0. The van der Waals surface area contributed by atoms with Gasteiger partial charge in [-0.1, -0.05) is 13.3 Å². The molecule has 0 aromatic rings. The summed E-state index contributed by atoms with van der Waals surface area (Å²) in [5, 5.41) is 8.31. The van der Waals surface area contributed by atoms with Gasteiger partial charge in [-0.3, -0.25) is 0 Å². The monoisotopic (exact) mass is 156 g/mol. The summed E-state index contributed by atoms with van der Waals surface area (Å²) in [6, 6.07) is 0. The van der Waals surface area contributed by atoms with Gasteiger partial charge in [-0.25, -0.2) is 13.2 Å². The van der Waals surface area contributed by atoms with E-state index < -0.39 is 18.7 Å². The fraction of sp³-hybridized carbons (Fsp3) is 1.00. The summed E-state index contributed by atoms with van der Waals surface area (Å²) in [5.41, 5.74) is 0. The first kappa shape index (κ1) is 9.75. The maximum atomic E-state index is 12.2. The lowest BCUT2D eigenvalue weighted by Crippen LogP contribution is -2.31. The van der Waals surface area contributed by atoms with Crippen molar-refractivity contribution < 1.29 is 18.3 Å². The number of alkyl halides is 3. The summed E-state index contributed by atoms with van der Waals surface area (Å²) in [6.45, 7) is 1.74. The molecule has 0 fully saturated rings. The lowest BCUT2D eigenvalue weighted by molar-refractivity contribution is -0.190. The first-order valence-electron chi connectivity index (χ1n) is 3.20. The third kappa shape index (κ3) is 3.06. The van der Waals surface area contributed by atoms with Crippen molar-refractivity contribution in [1.82, 2.24) is 0 Å². The van der Waals surface area contributed by atoms with Crippen molar-refractivity contribution in [3.63, 3.8) is 0 Å². The predicted octanol–water partition coefficient (Wildman–Crippen LogP) is 2.10. The normalized spacial score (nSPS) is 17.4. The Morgan fingerprint density at radius 2 is 2.00 bits per heavy atom. The minimum atomic E-state index is -3.29. The van der Waals surface area contributed by atoms with E-state index in [4.69, 9.17) is 5.11 Å². The van der Waals surface area contributed by atoms with Gasteiger partial charge < -0.3 is 5.11 Å². The first-order valence-corrected chi connectivity index (χ1v) is 3.20. The molecule has 0 aromatic heterocycles. The molecular weight excluding hydrogens is 145 g/mol. The van der Waals surface area contributed by atoms with E-state index in [1.54, 1.807) is 6.92 Å². The van der Waals surface area contributed by atoms with Gasteiger partial charge in [-0.15, -0.1) is 0 Å². The standard InChI is InChI=1S/C6H11F3O/c1-2-3-4-6(9,10)5(7)8/h5,10H,2-4H2,1H3. The van der Waals surface area contributed by atoms with E-state index in [0.29, 0.717) is 6.42 Å². The van der Waals surface area contributed by atoms with Crippen LogP contribution in [0.2, 0.25) is 0 Å². The molecule has 0 aliphatic rings. The molecule has 0 heterocycles. The molecule has 0 spiro atoms. The Morgan fingerprint density at radius 3 is 2.30 bits per heavy atom. The lowest BCUT2D eigenvalue weighted by Gasteiger charge is -2.16. The van der Waals surface area contributed by atoms with Crippen LogP contribution in [-0.2, 0) is 0 Å². The first-order chi connectivity index (χ1) is 4.50. The van der Waals surface area contributed by atoms with Gasteiger partial charge >= 0.3 is 0 Å². The second-order valence-corrected chi connectivity index (χ2v) is 2.22. The van der Waals surface area contributed by atoms with Crippen LogP contribution in [0.5, 0.6) is 0 Å². The average Bonchev–Trinajstić information content (AvgIpc) is 1.84. The van der Waals surface area contributed by atoms with Crippen molar-refractivity contribution in [2.75, 3.05) is 0 Å². The highest BCUT2D eigenvalue weighted by molar-refractivity contribution is 4.67. The maximum Gasteiger partial charge on any atom is 0.296 e. The molecule has 0 aliphatic heterocycles. The molecule has 0 amide bonds. The summed E-state index contributed by atoms with van der Waals surface area (Å²) < 4.78 is 35.2. The molecule has 0 saturated heterocycles. The Kier molecular flexibility index (Phi) is 3.71. The Balaban J connectivity index is 3.63. The van der Waals surface area contributed by atoms with E-state index in [1.165, 1.54) is 0 Å². The summed E-state index contributed by atoms with van der Waals surface area (Å²) in [6.07, 6.45) is -2.91. The van der Waals surface area contributed by atoms with Crippen molar-refractivity contribution in [2.45, 2.75) is 38.5 Å². The fourth-order valence-electron chi connectivity index (χ4n) is 0.534. The van der Waals surface area contributed by atoms with Crippen LogP contribution in [0.1, 0.15) is 26.2 Å². The van der Waals surface area contributed by atoms with Crippen molar-refractivity contribution in [1.29, 1.82) is 0 Å². The smallest absolute Gasteiger partial charge is 0.296 e. The molecular formula is C6H11F3O. The van der Waals surface area contributed by atoms with Gasteiger partial charge in [0.2, 0.25) is 0 Å². The van der Waals surface area contributed by atoms with E-state index in [2.05, 4.69) is 0 Å². The van der Waals surface area contributed by atoms with Gasteiger partial charge in [0.15, 0.2) is 0 Å². The number of rotatable bonds is 4. The molecule has 0 saturated carbocycles. The van der Waals surface area contributed by atoms with Gasteiger partial charge in [0.1, 0.15) is 0 Å². The van der Waals surface area contributed by atoms with Gasteiger partial charge in [-0.05, 0) is 6.42 Å². The molecule has 4 heteroatoms. The van der Waals surface area contributed by atoms with Crippen LogP contribution in [0.4, 0.5) is 13.2 Å².